The fraction of sp³-hybridized carbons (Fsp3) is 0.333. The maximum atomic E-state index is 12.9. The molecule has 1 aliphatic heterocycles. The number of rotatable bonds is 4. The summed E-state index contributed by atoms with van der Waals surface area (Å²) in [5.41, 5.74) is 2.12. The zero-order valence-corrected chi connectivity index (χ0v) is 18.9. The number of sulfonamides is 1. The number of aromatic nitrogens is 1. The van der Waals surface area contributed by atoms with Gasteiger partial charge in [-0.15, -0.1) is 0 Å². The van der Waals surface area contributed by atoms with Gasteiger partial charge in [-0.1, -0.05) is 35.8 Å². The molecule has 1 aromatic heterocycles. The highest BCUT2D eigenvalue weighted by Gasteiger charge is 2.25. The van der Waals surface area contributed by atoms with Crippen molar-refractivity contribution in [2.45, 2.75) is 37.5 Å². The Morgan fingerprint density at radius 3 is 2.43 bits per heavy atom. The zero-order valence-electron chi connectivity index (χ0n) is 16.5. The Kier molecular flexibility index (Phi) is 6.11. The van der Waals surface area contributed by atoms with Gasteiger partial charge in [0.1, 0.15) is 0 Å². The number of benzene rings is 2. The Balaban J connectivity index is 1.51. The third-order valence-electron chi connectivity index (χ3n) is 5.19. The molecule has 1 aliphatic rings. The van der Waals surface area contributed by atoms with E-state index in [2.05, 4.69) is 10.3 Å². The summed E-state index contributed by atoms with van der Waals surface area (Å²) in [6, 6.07) is 9.72. The van der Waals surface area contributed by atoms with Crippen molar-refractivity contribution in [2.75, 3.05) is 18.4 Å². The highest BCUT2D eigenvalue weighted by atomic mass is 35.5. The molecule has 0 spiro atoms. The summed E-state index contributed by atoms with van der Waals surface area (Å²) in [6.07, 6.45) is 3.88. The Morgan fingerprint density at radius 2 is 1.77 bits per heavy atom. The molecule has 1 amide bonds. The van der Waals surface area contributed by atoms with E-state index in [0.717, 1.165) is 41.5 Å². The van der Waals surface area contributed by atoms with Gasteiger partial charge < -0.3 is 0 Å². The first kappa shape index (κ1) is 21.2. The molecule has 9 heteroatoms. The lowest BCUT2D eigenvalue weighted by atomic mass is 10.2. The molecule has 6 nitrogen and oxygen atoms in total. The molecular formula is C21H22ClN3O3S2. The van der Waals surface area contributed by atoms with E-state index in [1.807, 2.05) is 19.1 Å². The van der Waals surface area contributed by atoms with E-state index < -0.39 is 10.0 Å². The van der Waals surface area contributed by atoms with Crippen LogP contribution in [0, 0.1) is 6.92 Å². The first-order valence-corrected chi connectivity index (χ1v) is 12.5. The van der Waals surface area contributed by atoms with Crippen molar-refractivity contribution in [3.05, 3.63) is 52.5 Å². The van der Waals surface area contributed by atoms with E-state index in [1.54, 1.807) is 4.31 Å². The molecule has 1 N–H and O–H groups in total. The minimum absolute atomic E-state index is 0.214. The van der Waals surface area contributed by atoms with Gasteiger partial charge in [0.25, 0.3) is 5.91 Å². The first-order chi connectivity index (χ1) is 14.3. The van der Waals surface area contributed by atoms with Crippen LogP contribution in [-0.2, 0) is 10.0 Å². The van der Waals surface area contributed by atoms with Crippen molar-refractivity contribution in [3.63, 3.8) is 0 Å². The minimum Gasteiger partial charge on any atom is -0.298 e. The summed E-state index contributed by atoms with van der Waals surface area (Å²) in [5.74, 6) is -0.337. The van der Waals surface area contributed by atoms with E-state index in [-0.39, 0.29) is 10.8 Å². The van der Waals surface area contributed by atoms with Crippen LogP contribution < -0.4 is 5.32 Å². The van der Waals surface area contributed by atoms with E-state index in [4.69, 9.17) is 11.6 Å². The highest BCUT2D eigenvalue weighted by Crippen LogP contribution is 2.31. The van der Waals surface area contributed by atoms with Crippen LogP contribution in [0.3, 0.4) is 0 Å². The Morgan fingerprint density at radius 1 is 1.10 bits per heavy atom. The molecule has 1 saturated heterocycles. The highest BCUT2D eigenvalue weighted by molar-refractivity contribution is 7.89. The molecule has 0 radical (unpaired) electrons. The quantitative estimate of drug-likeness (QED) is 0.585. The molecule has 2 aromatic carbocycles. The number of amides is 1. The molecule has 1 fully saturated rings. The van der Waals surface area contributed by atoms with Gasteiger partial charge in [0.05, 0.1) is 15.1 Å². The third-order valence-corrected chi connectivity index (χ3v) is 8.24. The minimum atomic E-state index is -3.53. The smallest absolute Gasteiger partial charge is 0.257 e. The summed E-state index contributed by atoms with van der Waals surface area (Å²) in [6.45, 7) is 3.01. The van der Waals surface area contributed by atoms with E-state index in [0.29, 0.717) is 28.8 Å². The van der Waals surface area contributed by atoms with Gasteiger partial charge in [-0.2, -0.15) is 4.31 Å². The number of hydrogen-bond donors (Lipinski definition) is 1. The van der Waals surface area contributed by atoms with E-state index in [9.17, 15) is 13.2 Å². The number of anilines is 1. The first-order valence-electron chi connectivity index (χ1n) is 9.83. The lowest BCUT2D eigenvalue weighted by Crippen LogP contribution is -2.31. The van der Waals surface area contributed by atoms with E-state index >= 15 is 0 Å². The molecule has 3 aromatic rings. The van der Waals surface area contributed by atoms with Crippen LogP contribution in [0.1, 0.15) is 41.6 Å². The summed E-state index contributed by atoms with van der Waals surface area (Å²) in [4.78, 5) is 17.3. The molecule has 0 aliphatic carbocycles. The predicted octanol–water partition coefficient (Wildman–Crippen LogP) is 5.08. The molecule has 0 saturated carbocycles. The van der Waals surface area contributed by atoms with Crippen LogP contribution in [0.4, 0.5) is 5.13 Å². The summed E-state index contributed by atoms with van der Waals surface area (Å²) < 4.78 is 28.2. The number of carbonyl (C=O) groups excluding carboxylic acids is 1. The molecule has 0 unspecified atom stereocenters. The average Bonchev–Trinajstić information content (AvgIpc) is 2.92. The number of nitrogens with one attached hydrogen (secondary N) is 1. The Labute approximate surface area is 184 Å². The molecule has 30 heavy (non-hydrogen) atoms. The van der Waals surface area contributed by atoms with Crippen LogP contribution in [-0.4, -0.2) is 36.7 Å². The topological polar surface area (TPSA) is 79.4 Å². The normalized spacial score (nSPS) is 15.8. The number of hydrogen-bond acceptors (Lipinski definition) is 5. The van der Waals surface area contributed by atoms with Gasteiger partial charge in [-0.05, 0) is 61.7 Å². The second-order valence-electron chi connectivity index (χ2n) is 7.39. The number of nitrogens with zero attached hydrogens (tertiary/aromatic N) is 2. The van der Waals surface area contributed by atoms with Crippen molar-refractivity contribution < 1.29 is 13.2 Å². The number of thiazole rings is 1. The van der Waals surface area contributed by atoms with Gasteiger partial charge >= 0.3 is 0 Å². The lowest BCUT2D eigenvalue weighted by molar-refractivity contribution is 0.102. The van der Waals surface area contributed by atoms with Crippen molar-refractivity contribution in [1.29, 1.82) is 0 Å². The Hall–Kier alpha value is -2.00. The molecule has 0 atom stereocenters. The van der Waals surface area contributed by atoms with Gasteiger partial charge in [0.2, 0.25) is 10.0 Å². The predicted molar refractivity (Wildman–Crippen MR) is 121 cm³/mol. The molecule has 158 valence electrons. The van der Waals surface area contributed by atoms with Crippen LogP contribution in [0.15, 0.2) is 41.3 Å². The van der Waals surface area contributed by atoms with Crippen molar-refractivity contribution in [3.8, 4) is 0 Å². The molecule has 2 heterocycles. The van der Waals surface area contributed by atoms with Crippen molar-refractivity contribution in [1.82, 2.24) is 9.29 Å². The SMILES string of the molecule is Cc1cc(Cl)cc2sc(NC(=O)c3ccc(S(=O)(=O)N4CCCCCC4)cc3)nc12. The van der Waals surface area contributed by atoms with Gasteiger partial charge in [-0.25, -0.2) is 13.4 Å². The average molecular weight is 464 g/mol. The fourth-order valence-corrected chi connectivity index (χ4v) is 6.42. The Bertz CT molecular complexity index is 1180. The van der Waals surface area contributed by atoms with Gasteiger partial charge in [0, 0.05) is 23.7 Å². The number of halogens is 1. The number of carbonyl (C=O) groups is 1. The summed E-state index contributed by atoms with van der Waals surface area (Å²) in [7, 11) is -3.53. The monoisotopic (exact) mass is 463 g/mol. The van der Waals surface area contributed by atoms with Crippen molar-refractivity contribution in [2.24, 2.45) is 0 Å². The number of aryl methyl sites for hydroxylation is 1. The second kappa shape index (κ2) is 8.63. The second-order valence-corrected chi connectivity index (χ2v) is 10.8. The van der Waals surface area contributed by atoms with Crippen LogP contribution in [0.2, 0.25) is 5.02 Å². The van der Waals surface area contributed by atoms with Gasteiger partial charge in [0.15, 0.2) is 5.13 Å². The van der Waals surface area contributed by atoms with E-state index in [1.165, 1.54) is 35.6 Å². The summed E-state index contributed by atoms with van der Waals surface area (Å²) in [5, 5.41) is 3.89. The van der Waals surface area contributed by atoms with Crippen molar-refractivity contribution >= 4 is 54.2 Å². The van der Waals surface area contributed by atoms with Crippen LogP contribution in [0.5, 0.6) is 0 Å². The maximum absolute atomic E-state index is 12.9. The molecule has 4 rings (SSSR count). The number of fused-ring (bicyclic) bond motifs is 1. The fourth-order valence-electron chi connectivity index (χ4n) is 3.59. The lowest BCUT2D eigenvalue weighted by Gasteiger charge is -2.20. The third kappa shape index (κ3) is 4.37. The summed E-state index contributed by atoms with van der Waals surface area (Å²) >= 11 is 7.44. The van der Waals surface area contributed by atoms with Crippen LogP contribution >= 0.6 is 22.9 Å². The zero-order chi connectivity index (χ0) is 21.3. The molecular weight excluding hydrogens is 442 g/mol. The van der Waals surface area contributed by atoms with Gasteiger partial charge in [-0.3, -0.25) is 10.1 Å². The standard InChI is InChI=1S/C21H22ClN3O3S2/c1-14-12-16(22)13-18-19(14)23-21(29-18)24-20(26)15-6-8-17(9-7-15)30(27,28)25-10-4-2-3-5-11-25/h6-9,12-13H,2-5,10-11H2,1H3,(H,23,24,26). The van der Waals surface area contributed by atoms with Crippen LogP contribution in [0.25, 0.3) is 10.2 Å². The molecule has 0 bridgehead atoms. The maximum Gasteiger partial charge on any atom is 0.257 e. The largest absolute Gasteiger partial charge is 0.298 e.